The highest BCUT2D eigenvalue weighted by Gasteiger charge is 2.28. The summed E-state index contributed by atoms with van der Waals surface area (Å²) in [7, 11) is 0. The molecule has 4 aromatic rings. The number of benzene rings is 3. The van der Waals surface area contributed by atoms with Gasteiger partial charge in [-0.05, 0) is 42.0 Å². The molecule has 0 bridgehead atoms. The fourth-order valence-electron chi connectivity index (χ4n) is 3.20. The molecule has 1 aliphatic rings. The highest BCUT2D eigenvalue weighted by atomic mass is 35.5. The van der Waals surface area contributed by atoms with Gasteiger partial charge in [0.25, 0.3) is 0 Å². The van der Waals surface area contributed by atoms with Crippen molar-refractivity contribution in [3.8, 4) is 11.5 Å². The fourth-order valence-corrected chi connectivity index (χ4v) is 3.39. The molecule has 0 aliphatic carbocycles. The highest BCUT2D eigenvalue weighted by molar-refractivity contribution is 6.32. The molecule has 2 heterocycles. The standard InChI is InChI=1S/C24H13ClO5/c25-18-7-3-1-5-14(18)11-21-23(26)17-10-9-16(13-20(17)30-21)28-24(27)22-12-15-6-2-4-8-19(15)29-22/h1-13H/b21-11-. The van der Waals surface area contributed by atoms with Gasteiger partial charge < -0.3 is 13.9 Å². The van der Waals surface area contributed by atoms with E-state index in [1.165, 1.54) is 6.07 Å². The van der Waals surface area contributed by atoms with Crippen molar-refractivity contribution in [3.05, 3.63) is 100 Å². The largest absolute Gasteiger partial charge is 0.452 e. The molecule has 30 heavy (non-hydrogen) atoms. The number of hydrogen-bond acceptors (Lipinski definition) is 5. The molecule has 0 saturated carbocycles. The summed E-state index contributed by atoms with van der Waals surface area (Å²) in [5.41, 5.74) is 1.66. The van der Waals surface area contributed by atoms with Gasteiger partial charge in [-0.2, -0.15) is 0 Å². The Bertz CT molecular complexity index is 1320. The van der Waals surface area contributed by atoms with Crippen LogP contribution in [0.4, 0.5) is 0 Å². The van der Waals surface area contributed by atoms with Gasteiger partial charge in [-0.15, -0.1) is 0 Å². The van der Waals surface area contributed by atoms with E-state index in [0.29, 0.717) is 27.5 Å². The zero-order chi connectivity index (χ0) is 20.7. The second-order valence-corrected chi connectivity index (χ2v) is 7.06. The van der Waals surface area contributed by atoms with E-state index in [-0.39, 0.29) is 23.1 Å². The first-order chi connectivity index (χ1) is 14.6. The first-order valence-corrected chi connectivity index (χ1v) is 9.50. The van der Waals surface area contributed by atoms with Gasteiger partial charge in [0.05, 0.1) is 5.56 Å². The van der Waals surface area contributed by atoms with Gasteiger partial charge in [0.15, 0.2) is 5.76 Å². The Hall–Kier alpha value is -3.83. The molecule has 0 unspecified atom stereocenters. The number of carbonyl (C=O) groups is 2. The number of ketones is 1. The van der Waals surface area contributed by atoms with Gasteiger partial charge in [-0.3, -0.25) is 4.79 Å². The maximum atomic E-state index is 12.6. The zero-order valence-electron chi connectivity index (χ0n) is 15.4. The number of furan rings is 1. The lowest BCUT2D eigenvalue weighted by atomic mass is 10.1. The monoisotopic (exact) mass is 416 g/mol. The summed E-state index contributed by atoms with van der Waals surface area (Å²) in [6.07, 6.45) is 1.59. The lowest BCUT2D eigenvalue weighted by Crippen LogP contribution is -2.07. The molecule has 146 valence electrons. The van der Waals surface area contributed by atoms with Crippen molar-refractivity contribution >= 4 is 40.4 Å². The average Bonchev–Trinajstić information content (AvgIpc) is 3.31. The Morgan fingerprint density at radius 1 is 0.967 bits per heavy atom. The number of ether oxygens (including phenoxy) is 2. The first kappa shape index (κ1) is 18.2. The van der Waals surface area contributed by atoms with Crippen LogP contribution < -0.4 is 9.47 Å². The van der Waals surface area contributed by atoms with Crippen LogP contribution in [0.15, 0.2) is 83.0 Å². The minimum atomic E-state index is -0.637. The van der Waals surface area contributed by atoms with Crippen LogP contribution in [0.5, 0.6) is 11.5 Å². The second kappa shape index (κ2) is 7.21. The molecule has 1 aliphatic heterocycles. The normalized spacial score (nSPS) is 14.0. The van der Waals surface area contributed by atoms with E-state index in [1.807, 2.05) is 24.3 Å². The number of rotatable bonds is 3. The molecule has 0 saturated heterocycles. The number of fused-ring (bicyclic) bond motifs is 2. The van der Waals surface area contributed by atoms with E-state index in [2.05, 4.69) is 0 Å². The van der Waals surface area contributed by atoms with E-state index in [1.54, 1.807) is 48.5 Å². The van der Waals surface area contributed by atoms with E-state index >= 15 is 0 Å². The molecule has 5 rings (SSSR count). The number of Topliss-reactive ketones (excluding diaryl/α,β-unsaturated/α-hetero) is 1. The quantitative estimate of drug-likeness (QED) is 0.235. The van der Waals surface area contributed by atoms with Crippen LogP contribution in [-0.2, 0) is 0 Å². The van der Waals surface area contributed by atoms with Gasteiger partial charge in [-0.25, -0.2) is 4.79 Å². The van der Waals surface area contributed by atoms with Crippen molar-refractivity contribution in [2.75, 3.05) is 0 Å². The Morgan fingerprint density at radius 2 is 1.77 bits per heavy atom. The summed E-state index contributed by atoms with van der Waals surface area (Å²) in [4.78, 5) is 25.0. The van der Waals surface area contributed by atoms with Gasteiger partial charge in [0.2, 0.25) is 11.5 Å². The Kier molecular flexibility index (Phi) is 4.38. The van der Waals surface area contributed by atoms with Gasteiger partial charge in [0, 0.05) is 16.5 Å². The zero-order valence-corrected chi connectivity index (χ0v) is 16.2. The van der Waals surface area contributed by atoms with Gasteiger partial charge in [-0.1, -0.05) is 48.0 Å². The van der Waals surface area contributed by atoms with Crippen molar-refractivity contribution < 1.29 is 23.5 Å². The first-order valence-electron chi connectivity index (χ1n) is 9.12. The summed E-state index contributed by atoms with van der Waals surface area (Å²) in [6.45, 7) is 0. The van der Waals surface area contributed by atoms with Crippen molar-refractivity contribution in [1.29, 1.82) is 0 Å². The number of hydrogen-bond donors (Lipinski definition) is 0. The van der Waals surface area contributed by atoms with E-state index in [4.69, 9.17) is 25.5 Å². The fraction of sp³-hybridized carbons (Fsp3) is 0. The van der Waals surface area contributed by atoms with E-state index in [0.717, 1.165) is 5.39 Å². The van der Waals surface area contributed by atoms with E-state index < -0.39 is 5.97 Å². The van der Waals surface area contributed by atoms with Crippen molar-refractivity contribution in [1.82, 2.24) is 0 Å². The van der Waals surface area contributed by atoms with E-state index in [9.17, 15) is 9.59 Å². The van der Waals surface area contributed by atoms with Crippen LogP contribution in [0.3, 0.4) is 0 Å². The number of halogens is 1. The Morgan fingerprint density at radius 3 is 2.60 bits per heavy atom. The second-order valence-electron chi connectivity index (χ2n) is 6.66. The van der Waals surface area contributed by atoms with Crippen LogP contribution >= 0.6 is 11.6 Å². The van der Waals surface area contributed by atoms with Crippen molar-refractivity contribution in [2.24, 2.45) is 0 Å². The molecular formula is C24H13ClO5. The smallest absolute Gasteiger partial charge is 0.379 e. The van der Waals surface area contributed by atoms with Crippen LogP contribution in [0.2, 0.25) is 5.02 Å². The summed E-state index contributed by atoms with van der Waals surface area (Å²) >= 11 is 6.15. The van der Waals surface area contributed by atoms with Crippen molar-refractivity contribution in [3.63, 3.8) is 0 Å². The summed E-state index contributed by atoms with van der Waals surface area (Å²) < 4.78 is 16.6. The van der Waals surface area contributed by atoms with Crippen LogP contribution in [-0.4, -0.2) is 11.8 Å². The van der Waals surface area contributed by atoms with Crippen LogP contribution in [0.1, 0.15) is 26.5 Å². The minimum Gasteiger partial charge on any atom is -0.452 e. The summed E-state index contributed by atoms with van der Waals surface area (Å²) in [5, 5.41) is 1.32. The molecule has 6 heteroatoms. The summed E-state index contributed by atoms with van der Waals surface area (Å²) in [5.74, 6) is -0.103. The molecule has 0 N–H and O–H groups in total. The highest BCUT2D eigenvalue weighted by Crippen LogP contribution is 2.35. The van der Waals surface area contributed by atoms with Gasteiger partial charge >= 0.3 is 5.97 Å². The third-order valence-corrected chi connectivity index (χ3v) is 5.01. The topological polar surface area (TPSA) is 65.7 Å². The maximum Gasteiger partial charge on any atom is 0.379 e. The molecule has 0 atom stereocenters. The molecular weight excluding hydrogens is 404 g/mol. The van der Waals surface area contributed by atoms with Crippen LogP contribution in [0.25, 0.3) is 17.0 Å². The molecule has 5 nitrogen and oxygen atoms in total. The molecule has 3 aromatic carbocycles. The SMILES string of the molecule is O=C(Oc1ccc2c(c1)O/C(=C\c1ccccc1Cl)C2=O)c1cc2ccccc2o1. The number of carbonyl (C=O) groups excluding carboxylic acids is 2. The molecule has 0 spiro atoms. The molecule has 0 fully saturated rings. The maximum absolute atomic E-state index is 12.6. The van der Waals surface area contributed by atoms with Crippen molar-refractivity contribution in [2.45, 2.75) is 0 Å². The number of esters is 1. The lowest BCUT2D eigenvalue weighted by Gasteiger charge is -2.04. The van der Waals surface area contributed by atoms with Gasteiger partial charge in [0.1, 0.15) is 17.1 Å². The third kappa shape index (κ3) is 3.25. The van der Waals surface area contributed by atoms with Crippen LogP contribution in [0, 0.1) is 0 Å². The predicted molar refractivity (Wildman–Crippen MR) is 112 cm³/mol. The predicted octanol–water partition coefficient (Wildman–Crippen LogP) is 5.92. The number of allylic oxidation sites excluding steroid dienone is 1. The number of para-hydroxylation sites is 1. The molecule has 0 radical (unpaired) electrons. The Labute approximate surface area is 176 Å². The minimum absolute atomic E-state index is 0.0907. The lowest BCUT2D eigenvalue weighted by molar-refractivity contribution is 0.0703. The summed E-state index contributed by atoms with van der Waals surface area (Å²) in [6, 6.07) is 20.7. The Balaban J connectivity index is 1.39. The average molecular weight is 417 g/mol. The molecule has 0 amide bonds. The molecule has 1 aromatic heterocycles. The third-order valence-electron chi connectivity index (χ3n) is 4.67.